The van der Waals surface area contributed by atoms with E-state index >= 15 is 0 Å². The Morgan fingerprint density at radius 1 is 1.08 bits per heavy atom. The van der Waals surface area contributed by atoms with Crippen molar-refractivity contribution in [3.05, 3.63) is 84.9 Å². The molecule has 0 unspecified atom stereocenters. The summed E-state index contributed by atoms with van der Waals surface area (Å²) in [6.45, 7) is 3.36. The minimum absolute atomic E-state index is 0.0881. The van der Waals surface area contributed by atoms with Crippen LogP contribution in [0.4, 0.5) is 9.39 Å². The Morgan fingerprint density at radius 3 is 2.61 bits per heavy atom. The summed E-state index contributed by atoms with van der Waals surface area (Å²) in [6.07, 6.45) is 1.85. The van der Waals surface area contributed by atoms with Gasteiger partial charge in [-0.3, -0.25) is 4.79 Å². The zero-order valence-corrected chi connectivity index (χ0v) is 22.5. The Labute approximate surface area is 228 Å². The van der Waals surface area contributed by atoms with Gasteiger partial charge >= 0.3 is 0 Å². The van der Waals surface area contributed by atoms with Gasteiger partial charge in [-0.1, -0.05) is 53.0 Å². The Balaban J connectivity index is 1.69. The van der Waals surface area contributed by atoms with Crippen LogP contribution in [0.2, 0.25) is 15.1 Å². The van der Waals surface area contributed by atoms with E-state index in [-0.39, 0.29) is 16.0 Å². The molecular weight excluding hydrogens is 564 g/mol. The fraction of sp³-hybridized carbons (Fsp3) is 0.0833. The number of carbonyl (C=O) groups is 1. The summed E-state index contributed by atoms with van der Waals surface area (Å²) < 4.78 is 16.1. The molecule has 1 aliphatic heterocycles. The normalized spacial score (nSPS) is 14.1. The van der Waals surface area contributed by atoms with Gasteiger partial charge in [-0.15, -0.1) is 21.5 Å². The van der Waals surface area contributed by atoms with Crippen LogP contribution in [0.1, 0.15) is 23.6 Å². The van der Waals surface area contributed by atoms with E-state index in [1.807, 2.05) is 37.3 Å². The molecule has 0 bridgehead atoms. The van der Waals surface area contributed by atoms with Crippen LogP contribution in [0.15, 0.2) is 57.6 Å². The van der Waals surface area contributed by atoms with Gasteiger partial charge in [0, 0.05) is 22.4 Å². The van der Waals surface area contributed by atoms with Crippen molar-refractivity contribution in [1.29, 1.82) is 0 Å². The molecule has 6 nitrogen and oxygen atoms in total. The summed E-state index contributed by atoms with van der Waals surface area (Å²) in [4.78, 5) is 13.0. The topological polar surface area (TPSA) is 72.2 Å². The highest BCUT2D eigenvalue weighted by molar-refractivity contribution is 8.04. The molecule has 0 saturated carbocycles. The lowest BCUT2D eigenvalue weighted by Gasteiger charge is -2.18. The van der Waals surface area contributed by atoms with Crippen molar-refractivity contribution in [2.24, 2.45) is 5.10 Å². The largest absolute Gasteiger partial charge is 0.318 e. The maximum Gasteiger partial charge on any atom is 0.221 e. The number of aromatic nitrogens is 3. The number of benzene rings is 2. The maximum absolute atomic E-state index is 14.5. The fourth-order valence-corrected chi connectivity index (χ4v) is 6.20. The molecule has 5 rings (SSSR count). The molecule has 36 heavy (non-hydrogen) atoms. The SMILES string of the molecule is CC(=O)Nc1cc(C)c(-c2nnc3n2N=C(c2cc(F)c(Cl)cc2Cl)/C(=C/c2ccccc2Cl)S3)s1. The predicted molar refractivity (Wildman–Crippen MR) is 146 cm³/mol. The number of anilines is 1. The van der Waals surface area contributed by atoms with Gasteiger partial charge in [0.1, 0.15) is 11.5 Å². The summed E-state index contributed by atoms with van der Waals surface area (Å²) in [5, 5.41) is 18.2. The number of nitrogens with one attached hydrogen (secondary N) is 1. The second-order valence-electron chi connectivity index (χ2n) is 7.75. The van der Waals surface area contributed by atoms with Crippen LogP contribution in [-0.4, -0.2) is 26.5 Å². The number of thioether (sulfide) groups is 1. The molecule has 182 valence electrons. The summed E-state index contributed by atoms with van der Waals surface area (Å²) in [5.41, 5.74) is 2.41. The highest BCUT2D eigenvalue weighted by atomic mass is 35.5. The van der Waals surface area contributed by atoms with Crippen LogP contribution >= 0.6 is 57.9 Å². The quantitative estimate of drug-likeness (QED) is 0.251. The Bertz CT molecular complexity index is 1590. The standard InChI is InChI=1S/C24H15Cl3FN5OS2/c1-11-7-20(29-12(2)34)36-22(11)23-30-31-24-33(23)32-21(14-9-18(28)17(27)10-16(14)26)19(35-24)8-13-5-3-4-6-15(13)25/h3-10H,1-2H3,(H,29,34)/b19-8-. The lowest BCUT2D eigenvalue weighted by atomic mass is 10.1. The first-order valence-corrected chi connectivity index (χ1v) is 13.2. The van der Waals surface area contributed by atoms with Crippen LogP contribution in [0.3, 0.4) is 0 Å². The lowest BCUT2D eigenvalue weighted by molar-refractivity contribution is -0.114. The number of allylic oxidation sites excluding steroid dienone is 1. The predicted octanol–water partition coefficient (Wildman–Crippen LogP) is 7.77. The van der Waals surface area contributed by atoms with Crippen molar-refractivity contribution in [2.75, 3.05) is 5.32 Å². The third kappa shape index (κ3) is 4.81. The van der Waals surface area contributed by atoms with E-state index < -0.39 is 5.82 Å². The number of fused-ring (bicyclic) bond motifs is 1. The Morgan fingerprint density at radius 2 is 1.86 bits per heavy atom. The molecule has 1 amide bonds. The summed E-state index contributed by atoms with van der Waals surface area (Å²) in [6, 6.07) is 11.8. The van der Waals surface area contributed by atoms with Crippen LogP contribution in [0.25, 0.3) is 16.8 Å². The molecule has 0 fully saturated rings. The van der Waals surface area contributed by atoms with Crippen molar-refractivity contribution in [2.45, 2.75) is 19.0 Å². The first-order valence-electron chi connectivity index (χ1n) is 10.4. The number of hydrogen-bond acceptors (Lipinski definition) is 6. The van der Waals surface area contributed by atoms with Crippen molar-refractivity contribution in [1.82, 2.24) is 14.9 Å². The first-order chi connectivity index (χ1) is 17.2. The van der Waals surface area contributed by atoms with E-state index in [1.54, 1.807) is 10.7 Å². The Kier molecular flexibility index (Phi) is 6.93. The average Bonchev–Trinajstić information content (AvgIpc) is 3.39. The van der Waals surface area contributed by atoms with Crippen LogP contribution in [0.5, 0.6) is 0 Å². The van der Waals surface area contributed by atoms with Gasteiger partial charge in [-0.2, -0.15) is 9.78 Å². The molecule has 1 N–H and O–H groups in total. The number of hydrogen-bond donors (Lipinski definition) is 1. The number of carbonyl (C=O) groups excluding carboxylic acids is 1. The van der Waals surface area contributed by atoms with Crippen molar-refractivity contribution < 1.29 is 9.18 Å². The van der Waals surface area contributed by atoms with E-state index in [0.29, 0.717) is 37.2 Å². The number of rotatable bonds is 4. The second-order valence-corrected chi connectivity index (χ2v) is 11.0. The molecule has 0 saturated heterocycles. The summed E-state index contributed by atoms with van der Waals surface area (Å²) in [7, 11) is 0. The minimum atomic E-state index is -0.621. The molecule has 12 heteroatoms. The summed E-state index contributed by atoms with van der Waals surface area (Å²) >= 11 is 21.5. The highest BCUT2D eigenvalue weighted by Gasteiger charge is 2.28. The van der Waals surface area contributed by atoms with Gasteiger partial charge in [0.25, 0.3) is 0 Å². The van der Waals surface area contributed by atoms with Crippen molar-refractivity contribution >= 4 is 80.6 Å². The average molecular weight is 579 g/mol. The molecule has 2 aromatic carbocycles. The van der Waals surface area contributed by atoms with Gasteiger partial charge in [-0.25, -0.2) is 4.39 Å². The number of halogens is 4. The van der Waals surface area contributed by atoms with E-state index in [9.17, 15) is 9.18 Å². The zero-order valence-electron chi connectivity index (χ0n) is 18.6. The minimum Gasteiger partial charge on any atom is -0.318 e. The fourth-order valence-electron chi connectivity index (χ4n) is 3.52. The van der Waals surface area contributed by atoms with E-state index in [4.69, 9.17) is 39.9 Å². The van der Waals surface area contributed by atoms with Crippen molar-refractivity contribution in [3.8, 4) is 10.7 Å². The second kappa shape index (κ2) is 9.99. The molecule has 4 aromatic rings. The van der Waals surface area contributed by atoms with Gasteiger partial charge in [0.2, 0.25) is 11.1 Å². The highest BCUT2D eigenvalue weighted by Crippen LogP contribution is 2.41. The third-order valence-electron chi connectivity index (χ3n) is 5.12. The van der Waals surface area contributed by atoms with Crippen LogP contribution in [-0.2, 0) is 4.79 Å². The molecule has 3 heterocycles. The molecule has 0 radical (unpaired) electrons. The first kappa shape index (κ1) is 25.0. The monoisotopic (exact) mass is 577 g/mol. The smallest absolute Gasteiger partial charge is 0.221 e. The molecule has 0 spiro atoms. The molecule has 2 aromatic heterocycles. The number of amides is 1. The van der Waals surface area contributed by atoms with E-state index in [1.165, 1.54) is 42.2 Å². The van der Waals surface area contributed by atoms with Gasteiger partial charge in [-0.05, 0) is 60.2 Å². The lowest BCUT2D eigenvalue weighted by Crippen LogP contribution is -2.13. The van der Waals surface area contributed by atoms with Crippen LogP contribution in [0, 0.1) is 12.7 Å². The molecule has 0 aliphatic carbocycles. The van der Waals surface area contributed by atoms with E-state index in [2.05, 4.69) is 15.5 Å². The van der Waals surface area contributed by atoms with Gasteiger partial charge in [0.15, 0.2) is 5.82 Å². The van der Waals surface area contributed by atoms with Crippen LogP contribution < -0.4 is 5.32 Å². The maximum atomic E-state index is 14.5. The van der Waals surface area contributed by atoms with Gasteiger partial charge in [0.05, 0.1) is 19.9 Å². The Hall–Kier alpha value is -2.69. The van der Waals surface area contributed by atoms with E-state index in [0.717, 1.165) is 16.0 Å². The molecule has 1 aliphatic rings. The van der Waals surface area contributed by atoms with Gasteiger partial charge < -0.3 is 5.32 Å². The number of aryl methyl sites for hydroxylation is 1. The molecular formula is C24H15Cl3FN5OS2. The zero-order chi connectivity index (χ0) is 25.6. The number of thiophene rings is 1. The summed E-state index contributed by atoms with van der Waals surface area (Å²) in [5.74, 6) is -0.308. The molecule has 0 atom stereocenters. The third-order valence-corrected chi connectivity index (χ3v) is 8.19. The van der Waals surface area contributed by atoms with Crippen molar-refractivity contribution in [3.63, 3.8) is 0 Å². The number of nitrogens with zero attached hydrogens (tertiary/aromatic N) is 4.